The molecular weight excluding hydrogens is 434 g/mol. The lowest BCUT2D eigenvalue weighted by atomic mass is 9.91. The molecule has 1 fully saturated rings. The normalized spacial score (nSPS) is 14.9. The molecule has 6 heteroatoms. The third kappa shape index (κ3) is 6.63. The number of nitrogens with zero attached hydrogens (tertiary/aromatic N) is 2. The number of aromatic nitrogens is 1. The molecule has 4 N–H and O–H groups in total. The van der Waals surface area contributed by atoms with E-state index in [-0.39, 0.29) is 18.1 Å². The molecule has 2 aromatic carbocycles. The zero-order chi connectivity index (χ0) is 24.6. The smallest absolute Gasteiger partial charge is 0.213 e. The third-order valence-electron chi connectivity index (χ3n) is 6.26. The van der Waals surface area contributed by atoms with E-state index < -0.39 is 0 Å². The monoisotopic (exact) mass is 469 g/mol. The molecule has 3 aromatic rings. The van der Waals surface area contributed by atoms with Gasteiger partial charge in [-0.2, -0.15) is 0 Å². The molecule has 0 bridgehead atoms. The van der Waals surface area contributed by atoms with Crippen LogP contribution < -0.4 is 20.7 Å². The lowest BCUT2D eigenvalue weighted by Gasteiger charge is -2.33. The van der Waals surface area contributed by atoms with Gasteiger partial charge in [0.2, 0.25) is 5.88 Å². The first-order chi connectivity index (χ1) is 17.0. The van der Waals surface area contributed by atoms with E-state index in [1.165, 1.54) is 0 Å². The predicted octanol–water partition coefficient (Wildman–Crippen LogP) is 5.28. The maximum Gasteiger partial charge on any atom is 0.213 e. The molecule has 0 amide bonds. The number of allylic oxidation sites excluding steroid dienone is 1. The summed E-state index contributed by atoms with van der Waals surface area (Å²) in [5, 5.41) is 12.1. The highest BCUT2D eigenvalue weighted by atomic mass is 16.5. The molecule has 2 heterocycles. The van der Waals surface area contributed by atoms with Gasteiger partial charge >= 0.3 is 0 Å². The standard InChI is InChI=1S/C29H35N5O/c1-21(2)35-28-14-13-25(20-32-28)34-17-15-22(16-18-34)26(30)19-27(31)33-29(23-9-5-3-6-10-23)24-11-7-4-8-12-24/h3-14,19-22,29-30,33H,15-18,31H2,1-2H3/b27-19-,30-26?. The highest BCUT2D eigenvalue weighted by molar-refractivity contribution is 5.94. The largest absolute Gasteiger partial charge is 0.475 e. The molecule has 1 aliphatic rings. The first kappa shape index (κ1) is 24.3. The van der Waals surface area contributed by atoms with Gasteiger partial charge in [-0.25, -0.2) is 4.98 Å². The molecule has 1 saturated heterocycles. The van der Waals surface area contributed by atoms with Gasteiger partial charge in [0.25, 0.3) is 0 Å². The summed E-state index contributed by atoms with van der Waals surface area (Å²) in [6.07, 6.45) is 5.60. The summed E-state index contributed by atoms with van der Waals surface area (Å²) in [5.74, 6) is 1.35. The first-order valence-electron chi connectivity index (χ1n) is 12.3. The number of benzene rings is 2. The van der Waals surface area contributed by atoms with Crippen LogP contribution in [0.4, 0.5) is 5.69 Å². The van der Waals surface area contributed by atoms with Crippen molar-refractivity contribution < 1.29 is 4.74 Å². The van der Waals surface area contributed by atoms with Crippen molar-refractivity contribution in [2.45, 2.75) is 38.8 Å². The molecule has 0 unspecified atom stereocenters. The molecule has 0 aliphatic carbocycles. The molecule has 0 atom stereocenters. The molecule has 0 spiro atoms. The molecule has 1 aromatic heterocycles. The number of ether oxygens (including phenoxy) is 1. The Hall–Kier alpha value is -3.80. The van der Waals surface area contributed by atoms with Crippen LogP contribution >= 0.6 is 0 Å². The van der Waals surface area contributed by atoms with Gasteiger partial charge in [0.1, 0.15) is 0 Å². The SMILES string of the molecule is CC(C)Oc1ccc(N2CCC(C(=N)/C=C(/N)NC(c3ccccc3)c3ccccc3)CC2)cn1. The Morgan fingerprint density at radius 3 is 2.11 bits per heavy atom. The minimum Gasteiger partial charge on any atom is -0.475 e. The first-order valence-corrected chi connectivity index (χ1v) is 12.3. The topological polar surface area (TPSA) is 87.3 Å². The highest BCUT2D eigenvalue weighted by Crippen LogP contribution is 2.26. The number of nitrogens with one attached hydrogen (secondary N) is 2. The van der Waals surface area contributed by atoms with E-state index in [0.717, 1.165) is 42.7 Å². The summed E-state index contributed by atoms with van der Waals surface area (Å²) in [4.78, 5) is 6.75. The number of hydrogen-bond donors (Lipinski definition) is 3. The highest BCUT2D eigenvalue weighted by Gasteiger charge is 2.23. The van der Waals surface area contributed by atoms with E-state index in [9.17, 15) is 0 Å². The number of anilines is 1. The fraction of sp³-hybridized carbons (Fsp3) is 0.310. The van der Waals surface area contributed by atoms with Gasteiger partial charge in [0.15, 0.2) is 0 Å². The van der Waals surface area contributed by atoms with Crippen LogP contribution in [0.1, 0.15) is 43.9 Å². The average Bonchev–Trinajstić information content (AvgIpc) is 2.88. The fourth-order valence-electron chi connectivity index (χ4n) is 4.46. The second kappa shape index (κ2) is 11.6. The quantitative estimate of drug-likeness (QED) is 0.371. The van der Waals surface area contributed by atoms with Crippen LogP contribution in [0.25, 0.3) is 0 Å². The number of nitrogens with two attached hydrogens (primary N) is 1. The Balaban J connectivity index is 1.36. The summed E-state index contributed by atoms with van der Waals surface area (Å²) in [6.45, 7) is 5.76. The van der Waals surface area contributed by atoms with Crippen molar-refractivity contribution in [1.82, 2.24) is 10.3 Å². The predicted molar refractivity (Wildman–Crippen MR) is 143 cm³/mol. The molecule has 4 rings (SSSR count). The van der Waals surface area contributed by atoms with Crippen molar-refractivity contribution in [3.8, 4) is 5.88 Å². The van der Waals surface area contributed by atoms with Gasteiger partial charge in [-0.3, -0.25) is 0 Å². The van der Waals surface area contributed by atoms with Crippen molar-refractivity contribution in [2.75, 3.05) is 18.0 Å². The summed E-state index contributed by atoms with van der Waals surface area (Å²) < 4.78 is 5.64. The molecule has 35 heavy (non-hydrogen) atoms. The summed E-state index contributed by atoms with van der Waals surface area (Å²) in [7, 11) is 0. The number of hydrogen-bond acceptors (Lipinski definition) is 6. The summed E-state index contributed by atoms with van der Waals surface area (Å²) in [5.41, 5.74) is 10.3. The van der Waals surface area contributed by atoms with Crippen molar-refractivity contribution in [3.05, 3.63) is 102 Å². The average molecular weight is 470 g/mol. The number of rotatable bonds is 9. The maximum atomic E-state index is 8.69. The Morgan fingerprint density at radius 1 is 1.00 bits per heavy atom. The lowest BCUT2D eigenvalue weighted by molar-refractivity contribution is 0.232. The van der Waals surface area contributed by atoms with Crippen LogP contribution in [0.2, 0.25) is 0 Å². The van der Waals surface area contributed by atoms with Gasteiger partial charge in [-0.1, -0.05) is 60.7 Å². The van der Waals surface area contributed by atoms with Gasteiger partial charge < -0.3 is 26.1 Å². The molecule has 6 nitrogen and oxygen atoms in total. The zero-order valence-electron chi connectivity index (χ0n) is 20.5. The van der Waals surface area contributed by atoms with E-state index >= 15 is 0 Å². The fourth-order valence-corrected chi connectivity index (χ4v) is 4.46. The van der Waals surface area contributed by atoms with Crippen LogP contribution in [0.3, 0.4) is 0 Å². The van der Waals surface area contributed by atoms with Crippen LogP contribution in [-0.4, -0.2) is 29.9 Å². The Kier molecular flexibility index (Phi) is 8.03. The molecule has 182 valence electrons. The second-order valence-corrected chi connectivity index (χ2v) is 9.24. The van der Waals surface area contributed by atoms with Crippen molar-refractivity contribution in [2.24, 2.45) is 11.7 Å². The number of pyridine rings is 1. The molecule has 0 saturated carbocycles. The van der Waals surface area contributed by atoms with Crippen LogP contribution in [0, 0.1) is 11.3 Å². The number of piperidine rings is 1. The molecular formula is C29H35N5O. The van der Waals surface area contributed by atoms with E-state index in [1.807, 2.05) is 62.5 Å². The molecule has 1 aliphatic heterocycles. The Labute approximate surface area is 208 Å². The third-order valence-corrected chi connectivity index (χ3v) is 6.26. The lowest BCUT2D eigenvalue weighted by Crippen LogP contribution is -2.36. The van der Waals surface area contributed by atoms with Gasteiger partial charge in [-0.15, -0.1) is 0 Å². The summed E-state index contributed by atoms with van der Waals surface area (Å²) in [6, 6.07) is 24.4. The van der Waals surface area contributed by atoms with Gasteiger partial charge in [-0.05, 0) is 50.0 Å². The van der Waals surface area contributed by atoms with E-state index in [0.29, 0.717) is 17.4 Å². The van der Waals surface area contributed by atoms with Crippen molar-refractivity contribution in [1.29, 1.82) is 5.41 Å². The summed E-state index contributed by atoms with van der Waals surface area (Å²) >= 11 is 0. The Morgan fingerprint density at radius 2 is 1.60 bits per heavy atom. The van der Waals surface area contributed by atoms with E-state index in [4.69, 9.17) is 15.9 Å². The van der Waals surface area contributed by atoms with E-state index in [1.54, 1.807) is 6.08 Å². The van der Waals surface area contributed by atoms with Crippen LogP contribution in [-0.2, 0) is 0 Å². The minimum atomic E-state index is -0.0709. The van der Waals surface area contributed by atoms with Crippen molar-refractivity contribution in [3.63, 3.8) is 0 Å². The van der Waals surface area contributed by atoms with Gasteiger partial charge in [0.05, 0.1) is 29.9 Å². The maximum absolute atomic E-state index is 8.69. The van der Waals surface area contributed by atoms with Crippen LogP contribution in [0.5, 0.6) is 5.88 Å². The van der Waals surface area contributed by atoms with Gasteiger partial charge in [0, 0.05) is 30.8 Å². The van der Waals surface area contributed by atoms with E-state index in [2.05, 4.69) is 45.5 Å². The zero-order valence-corrected chi connectivity index (χ0v) is 20.5. The Bertz CT molecular complexity index is 1070. The molecule has 0 radical (unpaired) electrons. The van der Waals surface area contributed by atoms with Crippen LogP contribution in [0.15, 0.2) is 90.9 Å². The second-order valence-electron chi connectivity index (χ2n) is 9.24. The minimum absolute atomic E-state index is 0.0709. The van der Waals surface area contributed by atoms with Crippen molar-refractivity contribution >= 4 is 11.4 Å².